The van der Waals surface area contributed by atoms with E-state index in [1.165, 1.54) is 0 Å². The van der Waals surface area contributed by atoms with Crippen molar-refractivity contribution in [2.45, 2.75) is 6.54 Å². The molecular formula is C14H13N3O. The summed E-state index contributed by atoms with van der Waals surface area (Å²) in [7, 11) is 0. The van der Waals surface area contributed by atoms with Crippen LogP contribution in [0.2, 0.25) is 0 Å². The number of benzene rings is 2. The quantitative estimate of drug-likeness (QED) is 0.689. The van der Waals surface area contributed by atoms with Crippen LogP contribution in [-0.4, -0.2) is 4.98 Å². The largest absolute Gasteiger partial charge is 0.424 e. The number of nitrogen functional groups attached to an aromatic ring is 1. The molecular weight excluding hydrogens is 226 g/mol. The maximum Gasteiger partial charge on any atom is 0.295 e. The lowest BCUT2D eigenvalue weighted by Gasteiger charge is -2.04. The molecule has 0 fully saturated rings. The Hall–Kier alpha value is -2.49. The molecule has 0 radical (unpaired) electrons. The van der Waals surface area contributed by atoms with Gasteiger partial charge in [-0.2, -0.15) is 4.98 Å². The van der Waals surface area contributed by atoms with Crippen molar-refractivity contribution in [3.05, 3.63) is 54.1 Å². The van der Waals surface area contributed by atoms with Crippen molar-refractivity contribution in [3.8, 4) is 0 Å². The van der Waals surface area contributed by atoms with Crippen LogP contribution in [0.25, 0.3) is 11.1 Å². The monoisotopic (exact) mass is 239 g/mol. The number of nitrogens with two attached hydrogens (primary N) is 1. The van der Waals surface area contributed by atoms with Crippen molar-refractivity contribution in [2.24, 2.45) is 0 Å². The molecule has 3 rings (SSSR count). The molecule has 4 nitrogen and oxygen atoms in total. The maximum absolute atomic E-state index is 5.87. The third-order valence-electron chi connectivity index (χ3n) is 2.78. The molecule has 0 aliphatic rings. The molecule has 90 valence electrons. The molecule has 3 aromatic rings. The molecule has 0 amide bonds. The van der Waals surface area contributed by atoms with Crippen LogP contribution in [0.5, 0.6) is 0 Å². The summed E-state index contributed by atoms with van der Waals surface area (Å²) < 4.78 is 5.57. The van der Waals surface area contributed by atoms with E-state index >= 15 is 0 Å². The molecule has 0 saturated heterocycles. The number of aromatic nitrogens is 1. The number of oxazole rings is 1. The average Bonchev–Trinajstić information content (AvgIpc) is 2.80. The molecule has 0 unspecified atom stereocenters. The molecule has 3 N–H and O–H groups in total. The highest BCUT2D eigenvalue weighted by Crippen LogP contribution is 2.19. The highest BCUT2D eigenvalue weighted by atomic mass is 16.4. The first-order valence-electron chi connectivity index (χ1n) is 5.76. The van der Waals surface area contributed by atoms with Gasteiger partial charge in [0, 0.05) is 12.2 Å². The van der Waals surface area contributed by atoms with Gasteiger partial charge < -0.3 is 15.5 Å². The number of hydrogen-bond donors (Lipinski definition) is 2. The van der Waals surface area contributed by atoms with Crippen LogP contribution >= 0.6 is 0 Å². The Morgan fingerprint density at radius 2 is 1.83 bits per heavy atom. The fourth-order valence-corrected chi connectivity index (χ4v) is 1.81. The van der Waals surface area contributed by atoms with Crippen molar-refractivity contribution >= 4 is 22.8 Å². The summed E-state index contributed by atoms with van der Waals surface area (Å²) in [6.07, 6.45) is 0. The fourth-order valence-electron chi connectivity index (χ4n) is 1.81. The van der Waals surface area contributed by atoms with Crippen LogP contribution in [0, 0.1) is 0 Å². The Morgan fingerprint density at radius 3 is 2.67 bits per heavy atom. The summed E-state index contributed by atoms with van der Waals surface area (Å²) in [6.45, 7) is 0.597. The van der Waals surface area contributed by atoms with E-state index in [0.29, 0.717) is 12.6 Å². The molecule has 4 heteroatoms. The van der Waals surface area contributed by atoms with Crippen LogP contribution in [-0.2, 0) is 6.54 Å². The minimum Gasteiger partial charge on any atom is -0.424 e. The summed E-state index contributed by atoms with van der Waals surface area (Å²) in [6, 6.07) is 15.9. The highest BCUT2D eigenvalue weighted by Gasteiger charge is 2.04. The lowest BCUT2D eigenvalue weighted by atomic mass is 10.2. The Labute approximate surface area is 104 Å². The predicted molar refractivity (Wildman–Crippen MR) is 72.2 cm³/mol. The van der Waals surface area contributed by atoms with Gasteiger partial charge in [-0.05, 0) is 23.8 Å². The van der Waals surface area contributed by atoms with Gasteiger partial charge in [-0.15, -0.1) is 0 Å². The number of nitrogens with zero attached hydrogens (tertiary/aromatic N) is 1. The number of hydrogen-bond acceptors (Lipinski definition) is 4. The molecule has 0 saturated carbocycles. The molecule has 0 aliphatic heterocycles. The first-order chi connectivity index (χ1) is 8.83. The third kappa shape index (κ3) is 2.00. The minimum atomic E-state index is 0.513. The SMILES string of the molecule is Nc1ccccc1CNc1nc2ccccc2o1. The third-order valence-corrected chi connectivity index (χ3v) is 2.78. The second-order valence-corrected chi connectivity index (χ2v) is 4.04. The van der Waals surface area contributed by atoms with Gasteiger partial charge >= 0.3 is 0 Å². The van der Waals surface area contributed by atoms with E-state index in [4.69, 9.17) is 10.2 Å². The van der Waals surface area contributed by atoms with E-state index in [2.05, 4.69) is 10.3 Å². The molecule has 0 aliphatic carbocycles. The Balaban J connectivity index is 1.79. The fraction of sp³-hybridized carbons (Fsp3) is 0.0714. The van der Waals surface area contributed by atoms with Gasteiger partial charge in [-0.25, -0.2) is 0 Å². The lowest BCUT2D eigenvalue weighted by molar-refractivity contribution is 0.614. The predicted octanol–water partition coefficient (Wildman–Crippen LogP) is 3.02. The molecule has 2 aromatic carbocycles. The van der Waals surface area contributed by atoms with Gasteiger partial charge in [0.2, 0.25) is 0 Å². The Morgan fingerprint density at radius 1 is 1.06 bits per heavy atom. The molecule has 0 atom stereocenters. The number of rotatable bonds is 3. The zero-order chi connectivity index (χ0) is 12.4. The number of nitrogens with one attached hydrogen (secondary N) is 1. The number of anilines is 2. The van der Waals surface area contributed by atoms with E-state index in [0.717, 1.165) is 22.4 Å². The summed E-state index contributed by atoms with van der Waals surface area (Å²) >= 11 is 0. The smallest absolute Gasteiger partial charge is 0.295 e. The maximum atomic E-state index is 5.87. The minimum absolute atomic E-state index is 0.513. The van der Waals surface area contributed by atoms with Crippen LogP contribution < -0.4 is 11.1 Å². The first kappa shape index (κ1) is 10.7. The van der Waals surface area contributed by atoms with E-state index in [1.54, 1.807) is 0 Å². The first-order valence-corrected chi connectivity index (χ1v) is 5.76. The van der Waals surface area contributed by atoms with Crippen molar-refractivity contribution in [1.82, 2.24) is 4.98 Å². The molecule has 1 heterocycles. The van der Waals surface area contributed by atoms with Gasteiger partial charge in [0.15, 0.2) is 5.58 Å². The van der Waals surface area contributed by atoms with Crippen molar-refractivity contribution in [2.75, 3.05) is 11.1 Å². The Bertz CT molecular complexity index is 642. The van der Waals surface area contributed by atoms with Gasteiger partial charge in [0.25, 0.3) is 6.01 Å². The average molecular weight is 239 g/mol. The van der Waals surface area contributed by atoms with Gasteiger partial charge in [-0.1, -0.05) is 30.3 Å². The van der Waals surface area contributed by atoms with Crippen molar-refractivity contribution in [1.29, 1.82) is 0 Å². The van der Waals surface area contributed by atoms with Crippen LogP contribution in [0.3, 0.4) is 0 Å². The lowest BCUT2D eigenvalue weighted by Crippen LogP contribution is -2.02. The standard InChI is InChI=1S/C14H13N3O/c15-11-6-2-1-5-10(11)9-16-14-17-12-7-3-4-8-13(12)18-14/h1-8H,9,15H2,(H,16,17). The van der Waals surface area contributed by atoms with E-state index in [1.807, 2.05) is 48.5 Å². The van der Waals surface area contributed by atoms with Crippen LogP contribution in [0.15, 0.2) is 52.9 Å². The van der Waals surface area contributed by atoms with Gasteiger partial charge in [0.05, 0.1) is 0 Å². The summed E-state index contributed by atoms with van der Waals surface area (Å²) in [4.78, 5) is 4.34. The van der Waals surface area contributed by atoms with Crippen LogP contribution in [0.4, 0.5) is 11.7 Å². The number of para-hydroxylation sites is 3. The molecule has 0 bridgehead atoms. The van der Waals surface area contributed by atoms with E-state index < -0.39 is 0 Å². The van der Waals surface area contributed by atoms with Crippen molar-refractivity contribution < 1.29 is 4.42 Å². The molecule has 0 spiro atoms. The van der Waals surface area contributed by atoms with Crippen LogP contribution in [0.1, 0.15) is 5.56 Å². The summed E-state index contributed by atoms with van der Waals surface area (Å²) in [5, 5.41) is 3.13. The summed E-state index contributed by atoms with van der Waals surface area (Å²) in [5.41, 5.74) is 9.29. The normalized spacial score (nSPS) is 10.7. The van der Waals surface area contributed by atoms with E-state index in [9.17, 15) is 0 Å². The van der Waals surface area contributed by atoms with Gasteiger partial charge in [0.1, 0.15) is 5.52 Å². The van der Waals surface area contributed by atoms with Gasteiger partial charge in [-0.3, -0.25) is 0 Å². The van der Waals surface area contributed by atoms with Crippen molar-refractivity contribution in [3.63, 3.8) is 0 Å². The van der Waals surface area contributed by atoms with E-state index in [-0.39, 0.29) is 0 Å². The zero-order valence-corrected chi connectivity index (χ0v) is 9.76. The summed E-state index contributed by atoms with van der Waals surface area (Å²) in [5.74, 6) is 0. The molecule has 1 aromatic heterocycles. The zero-order valence-electron chi connectivity index (χ0n) is 9.76. The highest BCUT2D eigenvalue weighted by molar-refractivity contribution is 5.74. The number of fused-ring (bicyclic) bond motifs is 1. The topological polar surface area (TPSA) is 64.1 Å². The second-order valence-electron chi connectivity index (χ2n) is 4.04. The Kier molecular flexibility index (Phi) is 2.61. The second kappa shape index (κ2) is 4.41. The molecule has 18 heavy (non-hydrogen) atoms.